The topological polar surface area (TPSA) is 113 Å². The van der Waals surface area contributed by atoms with Crippen LogP contribution in [0.5, 0.6) is 0 Å². The molecule has 136 valence electrons. The SMILES string of the molecule is CC(C)NC(=O)Nc1ccc(NC(=O)c2ccc(Cl)cc2[N+](=O)[O-])cc1. The van der Waals surface area contributed by atoms with Gasteiger partial charge in [0.1, 0.15) is 5.56 Å². The van der Waals surface area contributed by atoms with Crippen LogP contribution in [0.15, 0.2) is 42.5 Å². The maximum Gasteiger partial charge on any atom is 0.319 e. The van der Waals surface area contributed by atoms with Gasteiger partial charge in [0, 0.05) is 28.5 Å². The number of hydrogen-bond acceptors (Lipinski definition) is 4. The zero-order chi connectivity index (χ0) is 19.3. The summed E-state index contributed by atoms with van der Waals surface area (Å²) in [5.74, 6) is -0.633. The molecule has 0 spiro atoms. The molecule has 0 unspecified atom stereocenters. The standard InChI is InChI=1S/C17H17ClN4O4/c1-10(2)19-17(24)21-13-6-4-12(5-7-13)20-16(23)14-8-3-11(18)9-15(14)22(25)26/h3-10H,1-2H3,(H,20,23)(H2,19,21,24). The molecule has 0 radical (unpaired) electrons. The van der Waals surface area contributed by atoms with E-state index < -0.39 is 10.8 Å². The summed E-state index contributed by atoms with van der Waals surface area (Å²) in [6, 6.07) is 9.84. The van der Waals surface area contributed by atoms with Gasteiger partial charge in [0.2, 0.25) is 0 Å². The van der Waals surface area contributed by atoms with Crippen LogP contribution in [0.25, 0.3) is 0 Å². The van der Waals surface area contributed by atoms with Crippen LogP contribution in [-0.2, 0) is 0 Å². The first-order valence-corrected chi connectivity index (χ1v) is 8.07. The second-order valence-electron chi connectivity index (χ2n) is 5.70. The summed E-state index contributed by atoms with van der Waals surface area (Å²) in [5, 5.41) is 19.2. The van der Waals surface area contributed by atoms with Crippen LogP contribution in [0.1, 0.15) is 24.2 Å². The Morgan fingerprint density at radius 2 is 1.62 bits per heavy atom. The minimum absolute atomic E-state index is 0.00345. The fourth-order valence-corrected chi connectivity index (χ4v) is 2.28. The van der Waals surface area contributed by atoms with Crippen molar-refractivity contribution in [2.75, 3.05) is 10.6 Å². The van der Waals surface area contributed by atoms with Gasteiger partial charge in [-0.2, -0.15) is 0 Å². The lowest BCUT2D eigenvalue weighted by Gasteiger charge is -2.11. The van der Waals surface area contributed by atoms with Crippen molar-refractivity contribution in [2.24, 2.45) is 0 Å². The molecule has 26 heavy (non-hydrogen) atoms. The fraction of sp³-hybridized carbons (Fsp3) is 0.176. The van der Waals surface area contributed by atoms with Gasteiger partial charge in [0.05, 0.1) is 4.92 Å². The number of rotatable bonds is 5. The van der Waals surface area contributed by atoms with Crippen LogP contribution < -0.4 is 16.0 Å². The van der Waals surface area contributed by atoms with Gasteiger partial charge < -0.3 is 16.0 Å². The predicted octanol–water partition coefficient (Wildman–Crippen LogP) is 4.03. The minimum atomic E-state index is -0.666. The average molecular weight is 377 g/mol. The van der Waals surface area contributed by atoms with E-state index in [1.807, 2.05) is 13.8 Å². The fourth-order valence-electron chi connectivity index (χ4n) is 2.11. The van der Waals surface area contributed by atoms with E-state index in [1.165, 1.54) is 12.1 Å². The molecule has 0 aliphatic rings. The number of urea groups is 1. The molecule has 9 heteroatoms. The van der Waals surface area contributed by atoms with E-state index in [-0.39, 0.29) is 28.3 Å². The highest BCUT2D eigenvalue weighted by atomic mass is 35.5. The van der Waals surface area contributed by atoms with Gasteiger partial charge in [-0.3, -0.25) is 14.9 Å². The summed E-state index contributed by atoms with van der Waals surface area (Å²) in [7, 11) is 0. The first-order valence-electron chi connectivity index (χ1n) is 7.69. The van der Waals surface area contributed by atoms with Crippen molar-refractivity contribution >= 4 is 40.6 Å². The third-order valence-electron chi connectivity index (χ3n) is 3.22. The molecular weight excluding hydrogens is 360 g/mol. The first kappa shape index (κ1) is 19.2. The number of amides is 3. The monoisotopic (exact) mass is 376 g/mol. The van der Waals surface area contributed by atoms with Crippen molar-refractivity contribution in [3.63, 3.8) is 0 Å². The molecule has 0 heterocycles. The molecule has 3 N–H and O–H groups in total. The zero-order valence-corrected chi connectivity index (χ0v) is 14.8. The second kappa shape index (κ2) is 8.30. The van der Waals surface area contributed by atoms with Crippen molar-refractivity contribution in [3.8, 4) is 0 Å². The van der Waals surface area contributed by atoms with Crippen LogP contribution in [0.3, 0.4) is 0 Å². The Morgan fingerprint density at radius 3 is 2.15 bits per heavy atom. The predicted molar refractivity (Wildman–Crippen MR) is 99.8 cm³/mol. The van der Waals surface area contributed by atoms with E-state index in [4.69, 9.17) is 11.6 Å². The highest BCUT2D eigenvalue weighted by Crippen LogP contribution is 2.24. The maximum absolute atomic E-state index is 12.3. The summed E-state index contributed by atoms with van der Waals surface area (Å²) in [6.07, 6.45) is 0. The van der Waals surface area contributed by atoms with Gasteiger partial charge in [0.25, 0.3) is 11.6 Å². The lowest BCUT2D eigenvalue weighted by Crippen LogP contribution is -2.34. The molecule has 2 rings (SSSR count). The number of hydrogen-bond donors (Lipinski definition) is 3. The van der Waals surface area contributed by atoms with Crippen LogP contribution >= 0.6 is 11.6 Å². The molecule has 0 saturated carbocycles. The number of carbonyl (C=O) groups is 2. The highest BCUT2D eigenvalue weighted by Gasteiger charge is 2.20. The molecule has 0 aliphatic carbocycles. The Hall–Kier alpha value is -3.13. The molecule has 2 aromatic rings. The third-order valence-corrected chi connectivity index (χ3v) is 3.46. The molecule has 2 aromatic carbocycles. The first-order chi connectivity index (χ1) is 12.3. The van der Waals surface area contributed by atoms with E-state index >= 15 is 0 Å². The number of anilines is 2. The van der Waals surface area contributed by atoms with Gasteiger partial charge in [-0.05, 0) is 50.2 Å². The van der Waals surface area contributed by atoms with Gasteiger partial charge in [-0.15, -0.1) is 0 Å². The number of carbonyl (C=O) groups excluding carboxylic acids is 2. The molecule has 8 nitrogen and oxygen atoms in total. The number of nitrogens with zero attached hydrogens (tertiary/aromatic N) is 1. The number of nitro benzene ring substituents is 1. The van der Waals surface area contributed by atoms with E-state index in [2.05, 4.69) is 16.0 Å². The Morgan fingerprint density at radius 1 is 1.04 bits per heavy atom. The van der Waals surface area contributed by atoms with Crippen molar-refractivity contribution in [1.82, 2.24) is 5.32 Å². The average Bonchev–Trinajstić information content (AvgIpc) is 2.55. The highest BCUT2D eigenvalue weighted by molar-refractivity contribution is 6.31. The Kier molecular flexibility index (Phi) is 6.13. The third kappa shape index (κ3) is 5.18. The molecule has 0 aromatic heterocycles. The number of nitrogens with one attached hydrogen (secondary N) is 3. The Balaban J connectivity index is 2.08. The normalized spacial score (nSPS) is 10.3. The summed E-state index contributed by atoms with van der Waals surface area (Å²) in [5.41, 5.74) is 0.490. The van der Waals surface area contributed by atoms with Crippen molar-refractivity contribution in [3.05, 3.63) is 63.2 Å². The van der Waals surface area contributed by atoms with Crippen LogP contribution in [0, 0.1) is 10.1 Å². The summed E-state index contributed by atoms with van der Waals surface area (Å²) in [4.78, 5) is 34.3. The molecule has 0 saturated heterocycles. The molecular formula is C17H17ClN4O4. The van der Waals surface area contributed by atoms with Crippen LogP contribution in [-0.4, -0.2) is 22.9 Å². The molecule has 0 bridgehead atoms. The van der Waals surface area contributed by atoms with E-state index in [0.29, 0.717) is 11.4 Å². The Labute approximate surface area is 154 Å². The van der Waals surface area contributed by atoms with E-state index in [9.17, 15) is 19.7 Å². The number of benzene rings is 2. The number of nitro groups is 1. The van der Waals surface area contributed by atoms with Gasteiger partial charge >= 0.3 is 6.03 Å². The minimum Gasteiger partial charge on any atom is -0.336 e. The van der Waals surface area contributed by atoms with Crippen LogP contribution in [0.2, 0.25) is 5.02 Å². The lowest BCUT2D eigenvalue weighted by atomic mass is 10.1. The largest absolute Gasteiger partial charge is 0.336 e. The van der Waals surface area contributed by atoms with Crippen molar-refractivity contribution in [2.45, 2.75) is 19.9 Å². The van der Waals surface area contributed by atoms with Gasteiger partial charge in [-0.25, -0.2) is 4.79 Å². The van der Waals surface area contributed by atoms with Crippen molar-refractivity contribution in [1.29, 1.82) is 0 Å². The maximum atomic E-state index is 12.3. The summed E-state index contributed by atoms with van der Waals surface area (Å²) < 4.78 is 0. The zero-order valence-electron chi connectivity index (χ0n) is 14.1. The summed E-state index contributed by atoms with van der Waals surface area (Å²) in [6.45, 7) is 3.68. The quantitative estimate of drug-likeness (QED) is 0.540. The van der Waals surface area contributed by atoms with Gasteiger partial charge in [-0.1, -0.05) is 11.6 Å². The summed E-state index contributed by atoms with van der Waals surface area (Å²) >= 11 is 5.74. The van der Waals surface area contributed by atoms with E-state index in [1.54, 1.807) is 24.3 Å². The second-order valence-corrected chi connectivity index (χ2v) is 6.14. The molecule has 0 aliphatic heterocycles. The van der Waals surface area contributed by atoms with Crippen LogP contribution in [0.4, 0.5) is 21.9 Å². The van der Waals surface area contributed by atoms with E-state index in [0.717, 1.165) is 6.07 Å². The Bertz CT molecular complexity index is 837. The molecule has 0 fully saturated rings. The molecule has 3 amide bonds. The smallest absolute Gasteiger partial charge is 0.319 e. The van der Waals surface area contributed by atoms with Crippen molar-refractivity contribution < 1.29 is 14.5 Å². The molecule has 0 atom stereocenters. The number of halogens is 1. The lowest BCUT2D eigenvalue weighted by molar-refractivity contribution is -0.385. The van der Waals surface area contributed by atoms with Gasteiger partial charge in [0.15, 0.2) is 0 Å².